The predicted molar refractivity (Wildman–Crippen MR) is 72.7 cm³/mol. The van der Waals surface area contributed by atoms with E-state index in [9.17, 15) is 9.90 Å². The number of aliphatic hydroxyl groups is 1. The quantitative estimate of drug-likeness (QED) is 0.499. The van der Waals surface area contributed by atoms with E-state index >= 15 is 0 Å². The second kappa shape index (κ2) is 5.60. The molecule has 104 valence electrons. The number of rotatable bonds is 4. The topological polar surface area (TPSA) is 70.0 Å². The number of thioether (sulfide) groups is 1. The average molecular weight is 283 g/mol. The fraction of sp³-hybridized carbons (Fsp3) is 0.462. The van der Waals surface area contributed by atoms with E-state index in [1.165, 1.54) is 11.8 Å². The summed E-state index contributed by atoms with van der Waals surface area (Å²) in [5, 5.41) is 18.5. The van der Waals surface area contributed by atoms with Crippen LogP contribution in [0.1, 0.15) is 24.2 Å². The van der Waals surface area contributed by atoms with Gasteiger partial charge in [-0.2, -0.15) is 0 Å². The second-order valence-electron chi connectivity index (χ2n) is 4.82. The van der Waals surface area contributed by atoms with Crippen molar-refractivity contribution in [1.29, 1.82) is 0 Å². The fourth-order valence-electron chi connectivity index (χ4n) is 2.27. The highest BCUT2D eigenvalue weighted by Gasteiger charge is 2.51. The maximum Gasteiger partial charge on any atom is 0.183 e. The lowest BCUT2D eigenvalue weighted by molar-refractivity contribution is -0.259. The minimum atomic E-state index is -0.713. The molecule has 0 unspecified atom stereocenters. The summed E-state index contributed by atoms with van der Waals surface area (Å²) in [4.78, 5) is 18.1. The number of hydrogen-bond donors (Lipinski definition) is 2. The highest BCUT2D eigenvalue weighted by Crippen LogP contribution is 2.44. The van der Waals surface area contributed by atoms with Gasteiger partial charge in [0.1, 0.15) is 6.04 Å². The monoisotopic (exact) mass is 283 g/mol. The van der Waals surface area contributed by atoms with Gasteiger partial charge in [-0.15, -0.1) is 11.8 Å². The molecule has 1 fully saturated rings. The molecular formula is C13H17NO4S. The lowest BCUT2D eigenvalue weighted by Crippen LogP contribution is -2.48. The van der Waals surface area contributed by atoms with Crippen LogP contribution >= 0.6 is 11.8 Å². The number of Topliss-reactive ketones (excluding diaryl/α,β-unsaturated/α-hetero) is 1. The van der Waals surface area contributed by atoms with Gasteiger partial charge in [0.05, 0.1) is 11.6 Å². The van der Waals surface area contributed by atoms with Gasteiger partial charge in [0.25, 0.3) is 0 Å². The molecule has 2 atom stereocenters. The second-order valence-corrected chi connectivity index (χ2v) is 6.52. The largest absolute Gasteiger partial charge is 0.381 e. The zero-order chi connectivity index (χ0) is 14.0. The molecule has 5 nitrogen and oxygen atoms in total. The van der Waals surface area contributed by atoms with Gasteiger partial charge in [0, 0.05) is 5.56 Å². The van der Waals surface area contributed by atoms with Crippen LogP contribution < -0.4 is 0 Å². The maximum absolute atomic E-state index is 12.5. The summed E-state index contributed by atoms with van der Waals surface area (Å²) < 4.78 is 0. The number of ketones is 1. The molecule has 1 aromatic carbocycles. The summed E-state index contributed by atoms with van der Waals surface area (Å²) in [5.74, 6) is -0.174. The van der Waals surface area contributed by atoms with Crippen molar-refractivity contribution in [1.82, 2.24) is 4.90 Å². The highest BCUT2D eigenvalue weighted by molar-refractivity contribution is 8.01. The lowest BCUT2D eigenvalue weighted by Gasteiger charge is -2.31. The van der Waals surface area contributed by atoms with Crippen LogP contribution in [0.5, 0.6) is 0 Å². The molecule has 0 aromatic heterocycles. The van der Waals surface area contributed by atoms with Crippen molar-refractivity contribution in [2.24, 2.45) is 0 Å². The van der Waals surface area contributed by atoms with E-state index in [0.29, 0.717) is 5.56 Å². The Balaban J connectivity index is 2.33. The van der Waals surface area contributed by atoms with Crippen molar-refractivity contribution in [3.63, 3.8) is 0 Å². The summed E-state index contributed by atoms with van der Waals surface area (Å²) in [7, 11) is 0. The first-order valence-electron chi connectivity index (χ1n) is 5.96. The number of benzene rings is 1. The zero-order valence-electron chi connectivity index (χ0n) is 10.8. The molecule has 6 heteroatoms. The van der Waals surface area contributed by atoms with E-state index in [4.69, 9.17) is 5.26 Å². The summed E-state index contributed by atoms with van der Waals surface area (Å²) in [6.45, 7) is 3.47. The fourth-order valence-corrected chi connectivity index (χ4v) is 3.59. The Morgan fingerprint density at radius 1 is 1.42 bits per heavy atom. The Bertz CT molecular complexity index is 451. The Morgan fingerprint density at radius 2 is 2.05 bits per heavy atom. The summed E-state index contributed by atoms with van der Waals surface area (Å²) in [6, 6.07) is 8.09. The van der Waals surface area contributed by atoms with Crippen LogP contribution in [0.2, 0.25) is 0 Å². The Kier molecular flexibility index (Phi) is 4.27. The van der Waals surface area contributed by atoms with Crippen LogP contribution in [0.3, 0.4) is 0 Å². The third kappa shape index (κ3) is 2.68. The molecule has 0 aliphatic carbocycles. The first-order valence-corrected chi connectivity index (χ1v) is 6.84. The van der Waals surface area contributed by atoms with E-state index < -0.39 is 16.3 Å². The van der Waals surface area contributed by atoms with Gasteiger partial charge < -0.3 is 5.11 Å². The maximum atomic E-state index is 12.5. The third-order valence-electron chi connectivity index (χ3n) is 3.27. The van der Waals surface area contributed by atoms with Crippen molar-refractivity contribution in [3.05, 3.63) is 35.9 Å². The summed E-state index contributed by atoms with van der Waals surface area (Å²) >= 11 is 1.30. The number of nitrogens with zero attached hydrogens (tertiary/aromatic N) is 1. The molecule has 19 heavy (non-hydrogen) atoms. The minimum absolute atomic E-state index is 0.174. The van der Waals surface area contributed by atoms with Crippen LogP contribution in [0.4, 0.5) is 0 Å². The van der Waals surface area contributed by atoms with Crippen LogP contribution in [-0.4, -0.2) is 44.1 Å². The molecule has 1 saturated heterocycles. The number of aliphatic hydroxyl groups excluding tert-OH is 1. The zero-order valence-corrected chi connectivity index (χ0v) is 11.6. The number of carbonyl (C=O) groups excluding carboxylic acids is 1. The van der Waals surface area contributed by atoms with Crippen LogP contribution in [0.15, 0.2) is 30.3 Å². The van der Waals surface area contributed by atoms with Crippen LogP contribution in [-0.2, 0) is 4.89 Å². The van der Waals surface area contributed by atoms with E-state index in [1.54, 1.807) is 29.2 Å². The first kappa shape index (κ1) is 14.5. The molecule has 1 aliphatic rings. The molecule has 0 bridgehead atoms. The van der Waals surface area contributed by atoms with Gasteiger partial charge in [-0.3, -0.25) is 15.0 Å². The standard InChI is InChI=1S/C13H17NO4S/c1-13(2)14(8-15)10(12(18-17)19-13)11(16)9-6-4-3-5-7-9/h3-7,10,12,15,17H,8H2,1-2H3/t10-,12+/m1/s1. The van der Waals surface area contributed by atoms with Crippen molar-refractivity contribution >= 4 is 17.5 Å². The van der Waals surface area contributed by atoms with Gasteiger partial charge >= 0.3 is 0 Å². The SMILES string of the molecule is CC1(C)S[C@H](OO)[C@@H](C(=O)c2ccccc2)N1CO. The highest BCUT2D eigenvalue weighted by atomic mass is 32.2. The van der Waals surface area contributed by atoms with E-state index in [-0.39, 0.29) is 12.5 Å². The van der Waals surface area contributed by atoms with Crippen molar-refractivity contribution in [2.75, 3.05) is 6.73 Å². The van der Waals surface area contributed by atoms with E-state index in [2.05, 4.69) is 4.89 Å². The molecule has 0 spiro atoms. The average Bonchev–Trinajstić information content (AvgIpc) is 2.69. The normalized spacial score (nSPS) is 26.5. The van der Waals surface area contributed by atoms with Crippen molar-refractivity contribution in [3.8, 4) is 0 Å². The Hall–Kier alpha value is -0.920. The molecule has 1 aliphatic heterocycles. The number of carbonyl (C=O) groups is 1. The van der Waals surface area contributed by atoms with E-state index in [1.807, 2.05) is 19.9 Å². The molecule has 0 amide bonds. The van der Waals surface area contributed by atoms with Gasteiger partial charge in [-0.25, -0.2) is 4.89 Å². The molecule has 2 N–H and O–H groups in total. The van der Waals surface area contributed by atoms with E-state index in [0.717, 1.165) is 0 Å². The third-order valence-corrected chi connectivity index (χ3v) is 4.66. The van der Waals surface area contributed by atoms with Gasteiger partial charge in [-0.05, 0) is 13.8 Å². The van der Waals surface area contributed by atoms with Gasteiger partial charge in [-0.1, -0.05) is 30.3 Å². The summed E-state index contributed by atoms with van der Waals surface area (Å²) in [6.07, 6.45) is 0. The number of hydrogen-bond acceptors (Lipinski definition) is 6. The van der Waals surface area contributed by atoms with Crippen molar-refractivity contribution in [2.45, 2.75) is 30.2 Å². The molecule has 1 aromatic rings. The molecule has 2 rings (SSSR count). The van der Waals surface area contributed by atoms with Gasteiger partial charge in [0.2, 0.25) is 0 Å². The predicted octanol–water partition coefficient (Wildman–Crippen LogP) is 1.79. The Labute approximate surface area is 116 Å². The minimum Gasteiger partial charge on any atom is -0.381 e. The molecule has 1 heterocycles. The first-order chi connectivity index (χ1) is 9.01. The molecular weight excluding hydrogens is 266 g/mol. The summed E-state index contributed by atoms with van der Waals surface area (Å²) in [5.41, 5.74) is -0.179. The molecule has 0 saturated carbocycles. The van der Waals surface area contributed by atoms with Gasteiger partial charge in [0.15, 0.2) is 11.2 Å². The van der Waals surface area contributed by atoms with Crippen LogP contribution in [0.25, 0.3) is 0 Å². The van der Waals surface area contributed by atoms with Crippen LogP contribution in [0, 0.1) is 0 Å². The lowest BCUT2D eigenvalue weighted by atomic mass is 10.0. The smallest absolute Gasteiger partial charge is 0.183 e. The van der Waals surface area contributed by atoms with Crippen molar-refractivity contribution < 1.29 is 20.0 Å². The Morgan fingerprint density at radius 3 is 2.58 bits per heavy atom. The molecule has 0 radical (unpaired) electrons.